The van der Waals surface area contributed by atoms with Crippen LogP contribution in [0.1, 0.15) is 45.4 Å². The Morgan fingerprint density at radius 2 is 2.22 bits per heavy atom. The molecule has 9 heteroatoms. The number of amides is 1. The van der Waals surface area contributed by atoms with E-state index in [1.165, 1.54) is 12.8 Å². The summed E-state index contributed by atoms with van der Waals surface area (Å²) >= 11 is 6.87. The zero-order valence-corrected chi connectivity index (χ0v) is 17.2. The first-order valence-electron chi connectivity index (χ1n) is 9.23. The van der Waals surface area contributed by atoms with Gasteiger partial charge in [-0.2, -0.15) is 16.3 Å². The second kappa shape index (κ2) is 9.27. The van der Waals surface area contributed by atoms with Gasteiger partial charge in [-0.1, -0.05) is 31.8 Å². The number of nitrogens with one attached hydrogen (secondary N) is 3. The summed E-state index contributed by atoms with van der Waals surface area (Å²) in [6.07, 6.45) is 4.18. The van der Waals surface area contributed by atoms with Crippen LogP contribution in [0.25, 0.3) is 11.4 Å². The van der Waals surface area contributed by atoms with E-state index in [-0.39, 0.29) is 12.3 Å². The smallest absolute Gasteiger partial charge is 0.238 e. The third-order valence-corrected chi connectivity index (χ3v) is 6.06. The molecular formula is C18H25N5O2S2. The molecule has 146 valence electrons. The summed E-state index contributed by atoms with van der Waals surface area (Å²) in [6, 6.07) is 2.28. The average molecular weight is 408 g/mol. The summed E-state index contributed by atoms with van der Waals surface area (Å²) < 4.78 is 5.19. The van der Waals surface area contributed by atoms with Gasteiger partial charge in [-0.05, 0) is 41.9 Å². The van der Waals surface area contributed by atoms with Crippen LogP contribution in [0.15, 0.2) is 21.3 Å². The number of aryl methyl sites for hydroxylation is 1. The minimum atomic E-state index is -0.181. The Labute approximate surface area is 168 Å². The van der Waals surface area contributed by atoms with Crippen molar-refractivity contribution in [1.82, 2.24) is 26.3 Å². The molecule has 2 heterocycles. The quantitative estimate of drug-likeness (QED) is 0.518. The third kappa shape index (κ3) is 5.49. The zero-order chi connectivity index (χ0) is 19.2. The van der Waals surface area contributed by atoms with Crippen LogP contribution >= 0.6 is 23.6 Å². The summed E-state index contributed by atoms with van der Waals surface area (Å²) in [5.74, 6) is 2.05. The van der Waals surface area contributed by atoms with Gasteiger partial charge in [0.1, 0.15) is 0 Å². The van der Waals surface area contributed by atoms with Gasteiger partial charge >= 0.3 is 0 Å². The van der Waals surface area contributed by atoms with E-state index in [1.54, 1.807) is 11.3 Å². The van der Waals surface area contributed by atoms with Crippen molar-refractivity contribution in [3.63, 3.8) is 0 Å². The lowest BCUT2D eigenvalue weighted by atomic mass is 9.78. The maximum atomic E-state index is 12.0. The van der Waals surface area contributed by atoms with Gasteiger partial charge < -0.3 is 9.84 Å². The molecular weight excluding hydrogens is 382 g/mol. The molecule has 0 bridgehead atoms. The van der Waals surface area contributed by atoms with Crippen molar-refractivity contribution in [2.45, 2.75) is 52.0 Å². The van der Waals surface area contributed by atoms with Crippen LogP contribution in [0.2, 0.25) is 0 Å². The Bertz CT molecular complexity index is 762. The highest BCUT2D eigenvalue weighted by atomic mass is 32.1. The molecule has 27 heavy (non-hydrogen) atoms. The fourth-order valence-corrected chi connectivity index (χ4v) is 4.10. The minimum Gasteiger partial charge on any atom is -0.358 e. The average Bonchev–Trinajstić information content (AvgIpc) is 3.33. The Hall–Kier alpha value is -2.00. The van der Waals surface area contributed by atoms with Gasteiger partial charge in [-0.3, -0.25) is 15.6 Å². The highest BCUT2D eigenvalue weighted by Gasteiger charge is 2.27. The number of hydrogen-bond acceptors (Lipinski definition) is 6. The zero-order valence-electron chi connectivity index (χ0n) is 15.5. The number of thiocarbonyl (C=S) groups is 1. The van der Waals surface area contributed by atoms with E-state index in [4.69, 9.17) is 16.7 Å². The van der Waals surface area contributed by atoms with E-state index in [0.717, 1.165) is 12.0 Å². The van der Waals surface area contributed by atoms with E-state index >= 15 is 0 Å². The van der Waals surface area contributed by atoms with Crippen LogP contribution < -0.4 is 16.2 Å². The van der Waals surface area contributed by atoms with Crippen LogP contribution in [-0.2, 0) is 11.2 Å². The van der Waals surface area contributed by atoms with Crippen molar-refractivity contribution in [3.05, 3.63) is 22.7 Å². The van der Waals surface area contributed by atoms with Crippen LogP contribution in [0, 0.1) is 11.8 Å². The lowest BCUT2D eigenvalue weighted by Gasteiger charge is -2.35. The van der Waals surface area contributed by atoms with Crippen LogP contribution in [-0.4, -0.2) is 27.2 Å². The standard InChI is InChI=1S/C18H25N5O2S2/c1-11-4-3-5-14(12(11)2)19-18(26)22-21-15(24)6-7-16-20-17(23-25-16)13-8-9-27-10-13/h8-12,14H,3-7H2,1-2H3,(H,21,24)(H2,19,22,26)/t11-,12-,14-/m1/s1. The van der Waals surface area contributed by atoms with Crippen molar-refractivity contribution in [2.24, 2.45) is 11.8 Å². The number of carbonyl (C=O) groups excluding carboxylic acids is 1. The van der Waals surface area contributed by atoms with Gasteiger partial charge in [0, 0.05) is 29.8 Å². The second-order valence-corrected chi connectivity index (χ2v) is 8.23. The second-order valence-electron chi connectivity index (χ2n) is 7.04. The molecule has 1 aliphatic rings. The number of rotatable bonds is 5. The fourth-order valence-electron chi connectivity index (χ4n) is 3.26. The first-order valence-corrected chi connectivity index (χ1v) is 10.6. The number of hydrogen-bond donors (Lipinski definition) is 3. The molecule has 1 aliphatic carbocycles. The van der Waals surface area contributed by atoms with Crippen molar-refractivity contribution in [1.29, 1.82) is 0 Å². The van der Waals surface area contributed by atoms with Crippen molar-refractivity contribution in [2.75, 3.05) is 0 Å². The first kappa shape index (κ1) is 19.8. The summed E-state index contributed by atoms with van der Waals surface area (Å²) in [5.41, 5.74) is 6.33. The van der Waals surface area contributed by atoms with Gasteiger partial charge in [-0.15, -0.1) is 0 Å². The lowest BCUT2D eigenvalue weighted by Crippen LogP contribution is -2.52. The van der Waals surface area contributed by atoms with Crippen molar-refractivity contribution in [3.8, 4) is 11.4 Å². The molecule has 2 aromatic heterocycles. The lowest BCUT2D eigenvalue weighted by molar-refractivity contribution is -0.121. The summed E-state index contributed by atoms with van der Waals surface area (Å²) in [7, 11) is 0. The Kier molecular flexibility index (Phi) is 6.78. The van der Waals surface area contributed by atoms with Crippen molar-refractivity contribution >= 4 is 34.6 Å². The highest BCUT2D eigenvalue weighted by molar-refractivity contribution is 7.80. The number of aromatic nitrogens is 2. The molecule has 7 nitrogen and oxygen atoms in total. The number of thiophene rings is 1. The first-order chi connectivity index (χ1) is 13.0. The van der Waals surface area contributed by atoms with Gasteiger partial charge in [0.2, 0.25) is 17.6 Å². The molecule has 0 radical (unpaired) electrons. The maximum absolute atomic E-state index is 12.0. The van der Waals surface area contributed by atoms with Crippen LogP contribution in [0.4, 0.5) is 0 Å². The molecule has 3 atom stereocenters. The maximum Gasteiger partial charge on any atom is 0.238 e. The molecule has 0 unspecified atom stereocenters. The number of hydrazine groups is 1. The Morgan fingerprint density at radius 1 is 1.37 bits per heavy atom. The van der Waals surface area contributed by atoms with Crippen LogP contribution in [0.3, 0.4) is 0 Å². The summed E-state index contributed by atoms with van der Waals surface area (Å²) in [5, 5.41) is 11.6. The molecule has 3 rings (SSSR count). The van der Waals surface area contributed by atoms with Gasteiger partial charge in [0.25, 0.3) is 0 Å². The molecule has 0 saturated heterocycles. The molecule has 1 saturated carbocycles. The van der Waals surface area contributed by atoms with Gasteiger partial charge in [0.15, 0.2) is 5.11 Å². The molecule has 1 amide bonds. The summed E-state index contributed by atoms with van der Waals surface area (Å²) in [4.78, 5) is 16.3. The van der Waals surface area contributed by atoms with E-state index < -0.39 is 0 Å². The number of nitrogens with zero attached hydrogens (tertiary/aromatic N) is 2. The third-order valence-electron chi connectivity index (χ3n) is 5.15. The molecule has 0 spiro atoms. The van der Waals surface area contributed by atoms with E-state index in [1.807, 2.05) is 16.8 Å². The monoisotopic (exact) mass is 407 g/mol. The normalized spacial score (nSPS) is 22.2. The van der Waals surface area contributed by atoms with Crippen molar-refractivity contribution < 1.29 is 9.32 Å². The Balaban J connectivity index is 1.37. The van der Waals surface area contributed by atoms with E-state index in [0.29, 0.717) is 41.1 Å². The predicted molar refractivity (Wildman–Crippen MR) is 109 cm³/mol. The van der Waals surface area contributed by atoms with Gasteiger partial charge in [-0.25, -0.2) is 0 Å². The Morgan fingerprint density at radius 3 is 3.00 bits per heavy atom. The number of carbonyl (C=O) groups is 1. The molecule has 2 aromatic rings. The molecule has 0 aromatic carbocycles. The van der Waals surface area contributed by atoms with Gasteiger partial charge in [0.05, 0.1) is 0 Å². The van der Waals surface area contributed by atoms with E-state index in [9.17, 15) is 4.79 Å². The minimum absolute atomic E-state index is 0.181. The van der Waals surface area contributed by atoms with E-state index in [2.05, 4.69) is 40.2 Å². The molecule has 1 fully saturated rings. The fraction of sp³-hybridized carbons (Fsp3) is 0.556. The highest BCUT2D eigenvalue weighted by Crippen LogP contribution is 2.29. The van der Waals surface area contributed by atoms with Crippen LogP contribution in [0.5, 0.6) is 0 Å². The predicted octanol–water partition coefficient (Wildman–Crippen LogP) is 3.05. The molecule has 3 N–H and O–H groups in total. The topological polar surface area (TPSA) is 92.1 Å². The SMILES string of the molecule is C[C@@H]1[C@H](C)CCC[C@H]1NC(=S)NNC(=O)CCc1nc(-c2ccsc2)no1. The molecule has 0 aliphatic heterocycles. The largest absolute Gasteiger partial charge is 0.358 e. The summed E-state index contributed by atoms with van der Waals surface area (Å²) in [6.45, 7) is 4.52.